The minimum absolute atomic E-state index is 0.478. The normalized spacial score (nSPS) is 19.1. The van der Waals surface area contributed by atoms with Gasteiger partial charge in [-0.3, -0.25) is 0 Å². The topological polar surface area (TPSA) is 18.5 Å². The third kappa shape index (κ3) is 1.96. The van der Waals surface area contributed by atoms with E-state index in [2.05, 4.69) is 43.3 Å². The van der Waals surface area contributed by atoms with Gasteiger partial charge >= 0.3 is 0 Å². The van der Waals surface area contributed by atoms with Crippen LogP contribution in [0.4, 0.5) is 0 Å². The lowest BCUT2D eigenvalue weighted by atomic mass is 9.92. The summed E-state index contributed by atoms with van der Waals surface area (Å²) in [7, 11) is 0. The second kappa shape index (κ2) is 4.55. The first-order valence-electron chi connectivity index (χ1n) is 7.27. The Morgan fingerprint density at radius 1 is 1.05 bits per heavy atom. The average molecular weight is 266 g/mol. The van der Waals surface area contributed by atoms with Crippen molar-refractivity contribution < 1.29 is 9.47 Å². The van der Waals surface area contributed by atoms with E-state index >= 15 is 0 Å². The first kappa shape index (κ1) is 11.8. The van der Waals surface area contributed by atoms with Crippen LogP contribution < -0.4 is 9.47 Å². The first-order chi connectivity index (χ1) is 9.79. The molecule has 0 saturated heterocycles. The summed E-state index contributed by atoms with van der Waals surface area (Å²) < 4.78 is 11.4. The third-order valence-corrected chi connectivity index (χ3v) is 4.28. The zero-order valence-corrected chi connectivity index (χ0v) is 11.7. The smallest absolute Gasteiger partial charge is 0.123 e. The van der Waals surface area contributed by atoms with E-state index in [1.54, 1.807) is 0 Å². The molecular formula is C18H18O2. The third-order valence-electron chi connectivity index (χ3n) is 4.28. The molecule has 0 N–H and O–H groups in total. The summed E-state index contributed by atoms with van der Waals surface area (Å²) in [5.41, 5.74) is 5.35. The molecule has 2 aromatic carbocycles. The number of rotatable bonds is 2. The monoisotopic (exact) mass is 266 g/mol. The molecule has 0 aliphatic carbocycles. The Hall–Kier alpha value is -1.96. The lowest BCUT2D eigenvalue weighted by molar-refractivity contribution is 0.330. The minimum atomic E-state index is 0.478. The zero-order valence-electron chi connectivity index (χ0n) is 11.7. The maximum absolute atomic E-state index is 5.83. The van der Waals surface area contributed by atoms with Crippen LogP contribution in [0.1, 0.15) is 28.2 Å². The van der Waals surface area contributed by atoms with Gasteiger partial charge in [-0.15, -0.1) is 0 Å². The lowest BCUT2D eigenvalue weighted by Gasteiger charge is -2.10. The van der Waals surface area contributed by atoms with Crippen molar-refractivity contribution in [3.8, 4) is 11.5 Å². The van der Waals surface area contributed by atoms with Gasteiger partial charge in [0.15, 0.2) is 0 Å². The van der Waals surface area contributed by atoms with Crippen molar-refractivity contribution in [2.75, 3.05) is 13.2 Å². The maximum atomic E-state index is 5.83. The van der Waals surface area contributed by atoms with E-state index in [-0.39, 0.29) is 0 Å². The molecule has 0 saturated carbocycles. The highest BCUT2D eigenvalue weighted by Crippen LogP contribution is 2.37. The van der Waals surface area contributed by atoms with Gasteiger partial charge in [0.1, 0.15) is 11.5 Å². The summed E-state index contributed by atoms with van der Waals surface area (Å²) in [6, 6.07) is 13.1. The van der Waals surface area contributed by atoms with Gasteiger partial charge in [0.25, 0.3) is 0 Å². The number of aryl methyl sites for hydroxylation is 1. The quantitative estimate of drug-likeness (QED) is 0.826. The van der Waals surface area contributed by atoms with Crippen LogP contribution in [0.3, 0.4) is 0 Å². The predicted octanol–water partition coefficient (Wildman–Crippen LogP) is 3.65. The van der Waals surface area contributed by atoms with Gasteiger partial charge in [-0.05, 0) is 42.2 Å². The molecule has 2 aliphatic heterocycles. The summed E-state index contributed by atoms with van der Waals surface area (Å²) in [6.07, 6.45) is 2.09. The van der Waals surface area contributed by atoms with Crippen molar-refractivity contribution in [1.82, 2.24) is 0 Å². The molecular weight excluding hydrogens is 248 g/mol. The highest BCUT2D eigenvalue weighted by Gasteiger charge is 2.24. The fourth-order valence-corrected chi connectivity index (χ4v) is 3.20. The molecule has 1 atom stereocenters. The molecule has 2 heterocycles. The minimum Gasteiger partial charge on any atom is -0.493 e. The van der Waals surface area contributed by atoms with Crippen molar-refractivity contribution in [3.63, 3.8) is 0 Å². The van der Waals surface area contributed by atoms with Gasteiger partial charge in [0.05, 0.1) is 13.2 Å². The maximum Gasteiger partial charge on any atom is 0.123 e. The summed E-state index contributed by atoms with van der Waals surface area (Å²) in [6.45, 7) is 3.73. The van der Waals surface area contributed by atoms with Crippen molar-refractivity contribution in [1.29, 1.82) is 0 Å². The Kier molecular flexibility index (Phi) is 2.69. The van der Waals surface area contributed by atoms with E-state index in [0.717, 1.165) is 37.6 Å². The van der Waals surface area contributed by atoms with Gasteiger partial charge in [-0.25, -0.2) is 0 Å². The molecule has 0 radical (unpaired) electrons. The number of hydrogen-bond acceptors (Lipinski definition) is 2. The standard InChI is InChI=1S/C18H18O2/c1-12-2-4-16-15(11-20-18(16)8-12)10-13-3-5-17-14(9-13)6-7-19-17/h2-5,8-9,15H,6-7,10-11H2,1H3. The van der Waals surface area contributed by atoms with Crippen molar-refractivity contribution in [3.05, 3.63) is 58.7 Å². The van der Waals surface area contributed by atoms with E-state index in [1.165, 1.54) is 22.3 Å². The molecule has 102 valence electrons. The molecule has 1 unspecified atom stereocenters. The van der Waals surface area contributed by atoms with Crippen LogP contribution in [-0.2, 0) is 12.8 Å². The SMILES string of the molecule is Cc1ccc2c(c1)OCC2Cc1ccc2c(c1)CCO2. The van der Waals surface area contributed by atoms with Gasteiger partial charge in [-0.2, -0.15) is 0 Å². The summed E-state index contributed by atoms with van der Waals surface area (Å²) in [5.74, 6) is 2.61. The number of fused-ring (bicyclic) bond motifs is 2. The largest absolute Gasteiger partial charge is 0.493 e. The molecule has 0 aromatic heterocycles. The predicted molar refractivity (Wildman–Crippen MR) is 78.8 cm³/mol. The molecule has 0 bridgehead atoms. The molecule has 0 amide bonds. The van der Waals surface area contributed by atoms with Crippen molar-refractivity contribution >= 4 is 0 Å². The average Bonchev–Trinajstić information content (AvgIpc) is 3.05. The Morgan fingerprint density at radius 3 is 2.95 bits per heavy atom. The molecule has 2 aromatic rings. The summed E-state index contributed by atoms with van der Waals surface area (Å²) in [5, 5.41) is 0. The van der Waals surface area contributed by atoms with Crippen LogP contribution in [0.2, 0.25) is 0 Å². The summed E-state index contributed by atoms with van der Waals surface area (Å²) >= 11 is 0. The molecule has 2 nitrogen and oxygen atoms in total. The van der Waals surface area contributed by atoms with Crippen LogP contribution in [-0.4, -0.2) is 13.2 Å². The molecule has 20 heavy (non-hydrogen) atoms. The van der Waals surface area contributed by atoms with E-state index in [1.807, 2.05) is 0 Å². The van der Waals surface area contributed by atoms with E-state index < -0.39 is 0 Å². The Labute approximate surface area is 119 Å². The van der Waals surface area contributed by atoms with Gasteiger partial charge in [-0.1, -0.05) is 24.3 Å². The Bertz CT molecular complexity index is 660. The number of ether oxygens (including phenoxy) is 2. The molecule has 0 fully saturated rings. The summed E-state index contributed by atoms with van der Waals surface area (Å²) in [4.78, 5) is 0. The molecule has 0 spiro atoms. The van der Waals surface area contributed by atoms with Crippen molar-refractivity contribution in [2.45, 2.75) is 25.7 Å². The second-order valence-electron chi connectivity index (χ2n) is 5.79. The van der Waals surface area contributed by atoms with E-state index in [4.69, 9.17) is 9.47 Å². The Balaban J connectivity index is 1.59. The highest BCUT2D eigenvalue weighted by atomic mass is 16.5. The fourth-order valence-electron chi connectivity index (χ4n) is 3.20. The zero-order chi connectivity index (χ0) is 13.5. The van der Waals surface area contributed by atoms with Crippen molar-refractivity contribution in [2.24, 2.45) is 0 Å². The van der Waals surface area contributed by atoms with E-state index in [0.29, 0.717) is 5.92 Å². The lowest BCUT2D eigenvalue weighted by Crippen LogP contribution is -2.04. The fraction of sp³-hybridized carbons (Fsp3) is 0.333. The van der Waals surface area contributed by atoms with Crippen LogP contribution in [0.25, 0.3) is 0 Å². The van der Waals surface area contributed by atoms with Gasteiger partial charge in [0, 0.05) is 17.9 Å². The highest BCUT2D eigenvalue weighted by molar-refractivity contribution is 5.45. The van der Waals surface area contributed by atoms with Crippen LogP contribution in [0.5, 0.6) is 11.5 Å². The van der Waals surface area contributed by atoms with Gasteiger partial charge < -0.3 is 9.47 Å². The molecule has 2 aliphatic rings. The number of benzene rings is 2. The first-order valence-corrected chi connectivity index (χ1v) is 7.27. The van der Waals surface area contributed by atoms with Crippen LogP contribution >= 0.6 is 0 Å². The molecule has 4 rings (SSSR count). The van der Waals surface area contributed by atoms with Crippen LogP contribution in [0, 0.1) is 6.92 Å². The molecule has 2 heteroatoms. The second-order valence-corrected chi connectivity index (χ2v) is 5.79. The van der Waals surface area contributed by atoms with Gasteiger partial charge in [0.2, 0.25) is 0 Å². The number of hydrogen-bond donors (Lipinski definition) is 0. The Morgan fingerprint density at radius 2 is 2.00 bits per heavy atom. The van der Waals surface area contributed by atoms with Crippen LogP contribution in [0.15, 0.2) is 36.4 Å². The van der Waals surface area contributed by atoms with E-state index in [9.17, 15) is 0 Å².